The van der Waals surface area contributed by atoms with Crippen LogP contribution in [0.1, 0.15) is 118 Å². The Hall–Kier alpha value is -4.97. The average Bonchev–Trinajstić information content (AvgIpc) is 3.23. The van der Waals surface area contributed by atoms with Crippen molar-refractivity contribution in [1.82, 2.24) is 0 Å². The molecule has 11 atom stereocenters. The maximum absolute atomic E-state index is 13.6. The summed E-state index contributed by atoms with van der Waals surface area (Å²) in [7, 11) is 0. The number of Topliss-reactive ketones (excluding diaryl/α,β-unsaturated/α-hetero) is 1. The molecule has 1 aromatic rings. The molecule has 0 aromatic heterocycles. The molecule has 17 heteroatoms. The number of ether oxygens (including phenoxy) is 10. The van der Waals surface area contributed by atoms with E-state index >= 15 is 0 Å². The van der Waals surface area contributed by atoms with E-state index < -0.39 is 110 Å². The molecule has 3 fully saturated rings. The minimum Gasteiger partial charge on any atom is -0.463 e. The summed E-state index contributed by atoms with van der Waals surface area (Å²) < 4.78 is 60.9. The van der Waals surface area contributed by atoms with Crippen molar-refractivity contribution in [2.75, 3.05) is 6.61 Å². The van der Waals surface area contributed by atoms with Crippen LogP contribution < -0.4 is 0 Å². The molecule has 11 unspecified atom stereocenters. The molecule has 2 bridgehead atoms. The van der Waals surface area contributed by atoms with Crippen molar-refractivity contribution in [3.63, 3.8) is 0 Å². The summed E-state index contributed by atoms with van der Waals surface area (Å²) in [5, 5.41) is 0. The number of hydrogen-bond acceptors (Lipinski definition) is 17. The van der Waals surface area contributed by atoms with E-state index in [1.807, 2.05) is 6.92 Å². The number of benzene rings is 1. The van der Waals surface area contributed by atoms with Crippen LogP contribution in [0.5, 0.6) is 0 Å². The maximum Gasteiger partial charge on any atom is 0.333 e. The monoisotopic (exact) mass is 886 g/mol. The lowest BCUT2D eigenvalue weighted by Gasteiger charge is -2.48. The number of carbonyl (C=O) groups excluding carboxylic acids is 7. The van der Waals surface area contributed by atoms with E-state index in [1.54, 1.807) is 44.2 Å². The van der Waals surface area contributed by atoms with Crippen molar-refractivity contribution in [2.45, 2.75) is 180 Å². The molecule has 0 spiro atoms. The lowest BCUT2D eigenvalue weighted by molar-refractivity contribution is -0.370. The first-order chi connectivity index (χ1) is 30.1. The zero-order valence-corrected chi connectivity index (χ0v) is 37.2. The molecule has 348 valence electrons. The smallest absolute Gasteiger partial charge is 0.333 e. The highest BCUT2D eigenvalue weighted by atomic mass is 16.8. The largest absolute Gasteiger partial charge is 0.463 e. The van der Waals surface area contributed by atoms with E-state index in [4.69, 9.17) is 47.4 Å². The van der Waals surface area contributed by atoms with Crippen molar-refractivity contribution < 1.29 is 80.9 Å². The van der Waals surface area contributed by atoms with Crippen LogP contribution in [-0.2, 0) is 80.9 Å². The number of hydrogen-bond donors (Lipinski definition) is 0. The van der Waals surface area contributed by atoms with E-state index in [0.717, 1.165) is 45.6 Å². The Morgan fingerprint density at radius 1 is 0.698 bits per heavy atom. The highest BCUT2D eigenvalue weighted by Crippen LogP contribution is 2.36. The van der Waals surface area contributed by atoms with Gasteiger partial charge in [-0.15, -0.1) is 0 Å². The first-order valence-electron chi connectivity index (χ1n) is 21.7. The highest BCUT2D eigenvalue weighted by molar-refractivity contribution is 5.88. The van der Waals surface area contributed by atoms with Gasteiger partial charge in [0, 0.05) is 45.3 Å². The summed E-state index contributed by atoms with van der Waals surface area (Å²) in [6.07, 6.45) is -6.10. The van der Waals surface area contributed by atoms with Gasteiger partial charge in [-0.2, -0.15) is 0 Å². The molecule has 0 saturated carbocycles. The standard InChI is InChI=1S/C46H62O17/c1-8-17-34-21-16-11-10-15-20-33(50)23-25-36(51)54-26-35-39(61-37(52)24-22-32-18-13-12-14-19-32)41(62-44(53)27(3)9-2)42(58-31(7)49)46(60-35)63-43-40(57-30(6)48)38(56-29(5)47)28(4)55-45(43)59-34/h9,12-14,18-19,22,24,28,34-35,38-43,45-46H,8,10-11,15-17,20-21,23,25-26H2,1-7H3. The van der Waals surface area contributed by atoms with Crippen LogP contribution in [0.2, 0.25) is 0 Å². The summed E-state index contributed by atoms with van der Waals surface area (Å²) in [6.45, 7) is 9.49. The average molecular weight is 887 g/mol. The summed E-state index contributed by atoms with van der Waals surface area (Å²) in [5.74, 6) is -5.04. The van der Waals surface area contributed by atoms with Crippen LogP contribution in [0, 0.1) is 0 Å². The van der Waals surface area contributed by atoms with Gasteiger partial charge in [-0.05, 0) is 51.7 Å². The third kappa shape index (κ3) is 16.0. The Labute approximate surface area is 368 Å². The highest BCUT2D eigenvalue weighted by Gasteiger charge is 2.57. The van der Waals surface area contributed by atoms with E-state index in [-0.39, 0.29) is 30.6 Å². The van der Waals surface area contributed by atoms with Crippen LogP contribution in [0.25, 0.3) is 6.08 Å². The van der Waals surface area contributed by atoms with Gasteiger partial charge in [-0.1, -0.05) is 69.0 Å². The minimum atomic E-state index is -1.78. The molecule has 0 N–H and O–H groups in total. The molecular weight excluding hydrogens is 824 g/mol. The fourth-order valence-electron chi connectivity index (χ4n) is 7.47. The van der Waals surface area contributed by atoms with Crippen LogP contribution in [0.15, 0.2) is 48.1 Å². The SMILES string of the molecule is CC=C(C)C(=O)OC1C(OC(=O)C=Cc2ccccc2)C2COC(=O)CCC(=O)CCCCCCC(CCC)OC3OC(C)C(OC(C)=O)C(OC(C)=O)C3OC(O2)C1OC(C)=O. The first kappa shape index (κ1) is 50.7. The third-order valence-corrected chi connectivity index (χ3v) is 10.7. The van der Waals surface area contributed by atoms with Gasteiger partial charge >= 0.3 is 35.8 Å². The maximum atomic E-state index is 13.6. The Bertz CT molecular complexity index is 1770. The Morgan fingerprint density at radius 2 is 1.37 bits per heavy atom. The van der Waals surface area contributed by atoms with E-state index in [9.17, 15) is 33.6 Å². The molecule has 4 rings (SSSR count). The van der Waals surface area contributed by atoms with Gasteiger partial charge in [-0.25, -0.2) is 9.59 Å². The van der Waals surface area contributed by atoms with Crippen LogP contribution in [-0.4, -0.2) is 116 Å². The van der Waals surface area contributed by atoms with Gasteiger partial charge < -0.3 is 47.4 Å². The van der Waals surface area contributed by atoms with Gasteiger partial charge in [0.25, 0.3) is 0 Å². The second-order valence-electron chi connectivity index (χ2n) is 15.8. The molecule has 0 amide bonds. The summed E-state index contributed by atoms with van der Waals surface area (Å²) in [4.78, 5) is 91.3. The molecule has 0 radical (unpaired) electrons. The van der Waals surface area contributed by atoms with E-state index in [2.05, 4.69) is 0 Å². The summed E-state index contributed by atoms with van der Waals surface area (Å²) in [5.41, 5.74) is 0.800. The van der Waals surface area contributed by atoms with E-state index in [1.165, 1.54) is 26.0 Å². The molecule has 63 heavy (non-hydrogen) atoms. The van der Waals surface area contributed by atoms with Crippen molar-refractivity contribution in [2.24, 2.45) is 0 Å². The topological polar surface area (TPSA) is 212 Å². The number of rotatable bonds is 10. The molecule has 1 aromatic carbocycles. The number of ketones is 1. The van der Waals surface area contributed by atoms with Crippen molar-refractivity contribution in [3.8, 4) is 0 Å². The van der Waals surface area contributed by atoms with Crippen LogP contribution >= 0.6 is 0 Å². The predicted molar refractivity (Wildman–Crippen MR) is 222 cm³/mol. The quantitative estimate of drug-likeness (QED) is 0.160. The third-order valence-electron chi connectivity index (χ3n) is 10.7. The molecular formula is C46H62O17. The van der Waals surface area contributed by atoms with Gasteiger partial charge in [0.2, 0.25) is 0 Å². The second kappa shape index (κ2) is 25.4. The van der Waals surface area contributed by atoms with Gasteiger partial charge in [0.15, 0.2) is 49.2 Å². The molecule has 3 heterocycles. The summed E-state index contributed by atoms with van der Waals surface area (Å²) in [6, 6.07) is 8.85. The normalized spacial score (nSPS) is 30.5. The number of carbonyl (C=O) groups is 7. The summed E-state index contributed by atoms with van der Waals surface area (Å²) >= 11 is 0. The number of allylic oxidation sites excluding steroid dienone is 1. The minimum absolute atomic E-state index is 0.0644. The Morgan fingerprint density at radius 3 is 2.03 bits per heavy atom. The molecule has 3 saturated heterocycles. The van der Waals surface area contributed by atoms with Crippen molar-refractivity contribution >= 4 is 47.7 Å². The molecule has 3 aliphatic heterocycles. The lowest BCUT2D eigenvalue weighted by Crippen LogP contribution is -2.67. The zero-order chi connectivity index (χ0) is 46.1. The van der Waals surface area contributed by atoms with E-state index in [0.29, 0.717) is 24.8 Å². The zero-order valence-electron chi connectivity index (χ0n) is 37.2. The predicted octanol–water partition coefficient (Wildman–Crippen LogP) is 5.57. The second-order valence-corrected chi connectivity index (χ2v) is 15.8. The molecule has 17 nitrogen and oxygen atoms in total. The number of fused-ring (bicyclic) bond motifs is 3. The van der Waals surface area contributed by atoms with Crippen molar-refractivity contribution in [1.29, 1.82) is 0 Å². The van der Waals surface area contributed by atoms with Crippen molar-refractivity contribution in [3.05, 3.63) is 53.6 Å². The lowest BCUT2D eigenvalue weighted by atomic mass is 9.96. The van der Waals surface area contributed by atoms with Gasteiger partial charge in [-0.3, -0.25) is 24.0 Å². The van der Waals surface area contributed by atoms with Gasteiger partial charge in [0.05, 0.1) is 18.6 Å². The van der Waals surface area contributed by atoms with Crippen LogP contribution in [0.3, 0.4) is 0 Å². The molecule has 3 aliphatic rings. The first-order valence-corrected chi connectivity index (χ1v) is 21.7. The number of esters is 6. The van der Waals surface area contributed by atoms with Gasteiger partial charge in [0.1, 0.15) is 18.5 Å². The van der Waals surface area contributed by atoms with Crippen LogP contribution in [0.4, 0.5) is 0 Å². The fourth-order valence-corrected chi connectivity index (χ4v) is 7.47. The molecule has 0 aliphatic carbocycles. The number of cyclic esters (lactones) is 1. The Balaban J connectivity index is 1.89. The fraction of sp³-hybridized carbons (Fsp3) is 0.630. The Kier molecular flexibility index (Phi) is 20.4.